The first kappa shape index (κ1) is 19.2. The Morgan fingerprint density at radius 3 is 2.52 bits per heavy atom. The molecule has 0 atom stereocenters. The Morgan fingerprint density at radius 2 is 1.74 bits per heavy atom. The van der Waals surface area contributed by atoms with Gasteiger partial charge in [-0.05, 0) is 48.4 Å². The second kappa shape index (κ2) is 10.5. The molecule has 3 aromatic rings. The molecule has 0 unspecified atom stereocenters. The molecule has 6 heteroatoms. The summed E-state index contributed by atoms with van der Waals surface area (Å²) >= 11 is 1.45. The molecule has 2 aromatic heterocycles. The zero-order chi connectivity index (χ0) is 18.7. The first-order valence-electron chi connectivity index (χ1n) is 9.36. The highest BCUT2D eigenvalue weighted by molar-refractivity contribution is 7.18. The van der Waals surface area contributed by atoms with Crippen LogP contribution in [0.1, 0.15) is 44.6 Å². The van der Waals surface area contributed by atoms with E-state index in [9.17, 15) is 0 Å². The second-order valence-corrected chi connectivity index (χ2v) is 7.17. The predicted molar refractivity (Wildman–Crippen MR) is 111 cm³/mol. The van der Waals surface area contributed by atoms with Crippen LogP contribution in [0, 0.1) is 0 Å². The van der Waals surface area contributed by atoms with Crippen molar-refractivity contribution in [2.75, 3.05) is 6.61 Å². The van der Waals surface area contributed by atoms with Crippen molar-refractivity contribution in [2.24, 2.45) is 4.99 Å². The van der Waals surface area contributed by atoms with E-state index in [-0.39, 0.29) is 0 Å². The van der Waals surface area contributed by atoms with Gasteiger partial charge >= 0.3 is 0 Å². The third-order valence-corrected chi connectivity index (χ3v) is 4.94. The molecule has 0 amide bonds. The Morgan fingerprint density at radius 1 is 0.963 bits per heavy atom. The van der Waals surface area contributed by atoms with Crippen molar-refractivity contribution >= 4 is 22.7 Å². The fourth-order valence-electron chi connectivity index (χ4n) is 2.55. The highest BCUT2D eigenvalue weighted by Crippen LogP contribution is 2.27. The summed E-state index contributed by atoms with van der Waals surface area (Å²) < 4.78 is 5.79. The molecule has 0 radical (unpaired) electrons. The van der Waals surface area contributed by atoms with Gasteiger partial charge in [-0.15, -0.1) is 10.2 Å². The fourth-order valence-corrected chi connectivity index (χ4v) is 3.25. The highest BCUT2D eigenvalue weighted by atomic mass is 32.1. The second-order valence-electron chi connectivity index (χ2n) is 6.22. The largest absolute Gasteiger partial charge is 0.494 e. The van der Waals surface area contributed by atoms with Crippen LogP contribution in [0.4, 0.5) is 5.13 Å². The molecule has 5 nitrogen and oxygen atoms in total. The van der Waals surface area contributed by atoms with Gasteiger partial charge in [-0.1, -0.05) is 43.9 Å². The fraction of sp³-hybridized carbons (Fsp3) is 0.333. The number of aliphatic imine (C=N–C) groups is 1. The topological polar surface area (TPSA) is 60.3 Å². The van der Waals surface area contributed by atoms with E-state index < -0.39 is 0 Å². The number of unbranched alkanes of at least 4 members (excludes halogenated alkanes) is 4. The Kier molecular flexibility index (Phi) is 7.47. The SMILES string of the molecule is CCCCCCCOc1ccc(/C=N/c2nnc(-c3ccncc3)s2)cc1. The Hall–Kier alpha value is -2.60. The minimum Gasteiger partial charge on any atom is -0.494 e. The molecular formula is C21H24N4OS. The van der Waals surface area contributed by atoms with Gasteiger partial charge in [0, 0.05) is 24.2 Å². The first-order chi connectivity index (χ1) is 13.3. The molecule has 140 valence electrons. The van der Waals surface area contributed by atoms with Crippen LogP contribution in [0.15, 0.2) is 53.8 Å². The summed E-state index contributed by atoms with van der Waals surface area (Å²) in [5, 5.41) is 9.78. The van der Waals surface area contributed by atoms with Crippen molar-refractivity contribution in [3.63, 3.8) is 0 Å². The van der Waals surface area contributed by atoms with Crippen LogP contribution >= 0.6 is 11.3 Å². The lowest BCUT2D eigenvalue weighted by Gasteiger charge is -2.06. The molecule has 0 bridgehead atoms. The molecule has 3 rings (SSSR count). The third-order valence-electron chi connectivity index (χ3n) is 4.06. The first-order valence-corrected chi connectivity index (χ1v) is 10.2. The summed E-state index contributed by atoms with van der Waals surface area (Å²) in [6.07, 6.45) is 11.5. The normalized spacial score (nSPS) is 11.1. The summed E-state index contributed by atoms with van der Waals surface area (Å²) in [4.78, 5) is 8.43. The number of benzene rings is 1. The van der Waals surface area contributed by atoms with Gasteiger partial charge in [0.15, 0.2) is 0 Å². The standard InChI is InChI=1S/C21H24N4OS/c1-2-3-4-5-6-15-26-19-9-7-17(8-10-19)16-23-21-25-24-20(27-21)18-11-13-22-14-12-18/h7-14,16H,2-6,15H2,1H3/b23-16+. The molecule has 0 spiro atoms. The van der Waals surface area contributed by atoms with Crippen LogP contribution in [-0.4, -0.2) is 28.0 Å². The predicted octanol–water partition coefficient (Wildman–Crippen LogP) is 5.70. The van der Waals surface area contributed by atoms with Gasteiger partial charge in [0.1, 0.15) is 10.8 Å². The molecule has 0 saturated carbocycles. The van der Waals surface area contributed by atoms with Crippen LogP contribution in [0.5, 0.6) is 5.75 Å². The molecule has 27 heavy (non-hydrogen) atoms. The summed E-state index contributed by atoms with van der Waals surface area (Å²) in [5.41, 5.74) is 2.01. The third kappa shape index (κ3) is 6.25. The number of nitrogens with zero attached hydrogens (tertiary/aromatic N) is 4. The van der Waals surface area contributed by atoms with E-state index in [4.69, 9.17) is 4.74 Å². The number of aromatic nitrogens is 3. The molecule has 0 fully saturated rings. The maximum absolute atomic E-state index is 5.79. The van der Waals surface area contributed by atoms with Crippen LogP contribution < -0.4 is 4.74 Å². The number of rotatable bonds is 10. The van der Waals surface area contributed by atoms with Crippen molar-refractivity contribution in [3.05, 3.63) is 54.4 Å². The number of hydrogen-bond acceptors (Lipinski definition) is 6. The van der Waals surface area contributed by atoms with Crippen molar-refractivity contribution in [1.82, 2.24) is 15.2 Å². The van der Waals surface area contributed by atoms with Gasteiger partial charge in [0.2, 0.25) is 5.13 Å². The van der Waals surface area contributed by atoms with E-state index in [1.54, 1.807) is 18.6 Å². The van der Waals surface area contributed by atoms with E-state index in [2.05, 4.69) is 27.1 Å². The van der Waals surface area contributed by atoms with Crippen LogP contribution in [-0.2, 0) is 0 Å². The Bertz CT molecular complexity index is 831. The summed E-state index contributed by atoms with van der Waals surface area (Å²) in [5.74, 6) is 0.901. The zero-order valence-corrected chi connectivity index (χ0v) is 16.4. The molecular weight excluding hydrogens is 356 g/mol. The van der Waals surface area contributed by atoms with Gasteiger partial charge in [0.05, 0.1) is 6.61 Å². The molecule has 1 aromatic carbocycles. The number of pyridine rings is 1. The number of hydrogen-bond donors (Lipinski definition) is 0. The van der Waals surface area contributed by atoms with Gasteiger partial charge in [-0.3, -0.25) is 4.98 Å². The van der Waals surface area contributed by atoms with Crippen molar-refractivity contribution in [3.8, 4) is 16.3 Å². The zero-order valence-electron chi connectivity index (χ0n) is 15.5. The molecule has 0 saturated heterocycles. The quantitative estimate of drug-likeness (QED) is 0.334. The van der Waals surface area contributed by atoms with Crippen LogP contribution in [0.3, 0.4) is 0 Å². The van der Waals surface area contributed by atoms with E-state index in [0.29, 0.717) is 5.13 Å². The lowest BCUT2D eigenvalue weighted by atomic mass is 10.2. The van der Waals surface area contributed by atoms with Gasteiger partial charge in [-0.2, -0.15) is 0 Å². The molecule has 0 N–H and O–H groups in total. The summed E-state index contributed by atoms with van der Waals surface area (Å²) in [7, 11) is 0. The highest BCUT2D eigenvalue weighted by Gasteiger charge is 2.04. The maximum Gasteiger partial charge on any atom is 0.231 e. The van der Waals surface area contributed by atoms with Crippen molar-refractivity contribution in [2.45, 2.75) is 39.0 Å². The van der Waals surface area contributed by atoms with Gasteiger partial charge in [-0.25, -0.2) is 4.99 Å². The van der Waals surface area contributed by atoms with E-state index >= 15 is 0 Å². The smallest absolute Gasteiger partial charge is 0.231 e. The van der Waals surface area contributed by atoms with Crippen LogP contribution in [0.2, 0.25) is 0 Å². The molecule has 0 aliphatic rings. The van der Waals surface area contributed by atoms with Crippen molar-refractivity contribution < 1.29 is 4.74 Å². The summed E-state index contributed by atoms with van der Waals surface area (Å²) in [6.45, 7) is 3.01. The van der Waals surface area contributed by atoms with E-state index in [0.717, 1.165) is 34.9 Å². The van der Waals surface area contributed by atoms with Gasteiger partial charge in [0.25, 0.3) is 0 Å². The molecule has 0 aliphatic heterocycles. The minimum absolute atomic E-state index is 0.634. The average molecular weight is 381 g/mol. The molecule has 0 aliphatic carbocycles. The Balaban J connectivity index is 1.49. The maximum atomic E-state index is 5.79. The van der Waals surface area contributed by atoms with Gasteiger partial charge < -0.3 is 4.74 Å². The lowest BCUT2D eigenvalue weighted by molar-refractivity contribution is 0.304. The number of ether oxygens (including phenoxy) is 1. The lowest BCUT2D eigenvalue weighted by Crippen LogP contribution is -1.97. The van der Waals surface area contributed by atoms with E-state index in [1.807, 2.05) is 36.4 Å². The van der Waals surface area contributed by atoms with E-state index in [1.165, 1.54) is 37.0 Å². The molecule has 2 heterocycles. The van der Waals surface area contributed by atoms with Crippen molar-refractivity contribution in [1.29, 1.82) is 0 Å². The monoisotopic (exact) mass is 380 g/mol. The summed E-state index contributed by atoms with van der Waals surface area (Å²) in [6, 6.07) is 11.8. The van der Waals surface area contributed by atoms with Crippen LogP contribution in [0.25, 0.3) is 10.6 Å². The minimum atomic E-state index is 0.634. The average Bonchev–Trinajstić information content (AvgIpc) is 3.20. The Labute approximate surface area is 164 Å².